The van der Waals surface area contributed by atoms with E-state index in [1.807, 2.05) is 24.4 Å². The van der Waals surface area contributed by atoms with Crippen LogP contribution in [0.25, 0.3) is 5.69 Å². The monoisotopic (exact) mass is 429 g/mol. The summed E-state index contributed by atoms with van der Waals surface area (Å²) in [5.41, 5.74) is 2.74. The molecule has 0 saturated heterocycles. The van der Waals surface area contributed by atoms with Crippen LogP contribution in [0.4, 0.5) is 8.78 Å². The third-order valence-electron chi connectivity index (χ3n) is 4.57. The Morgan fingerprint density at radius 1 is 1.16 bits per heavy atom. The van der Waals surface area contributed by atoms with Crippen molar-refractivity contribution in [3.8, 4) is 17.2 Å². The minimum absolute atomic E-state index is 0.0644. The molecule has 0 saturated carbocycles. The Morgan fingerprint density at radius 3 is 2.61 bits per heavy atom. The Bertz CT molecular complexity index is 976. The van der Waals surface area contributed by atoms with Crippen LogP contribution < -0.4 is 20.1 Å². The number of aromatic nitrogens is 2. The van der Waals surface area contributed by atoms with Crippen LogP contribution in [0.15, 0.2) is 65.9 Å². The van der Waals surface area contributed by atoms with Crippen LogP contribution in [0, 0.1) is 0 Å². The molecule has 1 aromatic heterocycles. The fraction of sp³-hybridized carbons (Fsp3) is 0.273. The summed E-state index contributed by atoms with van der Waals surface area (Å²) < 4.78 is 36.9. The number of hydrogen-bond acceptors (Lipinski definition) is 4. The lowest BCUT2D eigenvalue weighted by Gasteiger charge is -2.15. The zero-order valence-electron chi connectivity index (χ0n) is 17.4. The maximum Gasteiger partial charge on any atom is 0.387 e. The van der Waals surface area contributed by atoms with Crippen LogP contribution in [0.2, 0.25) is 0 Å². The van der Waals surface area contributed by atoms with Crippen LogP contribution in [0.5, 0.6) is 11.5 Å². The van der Waals surface area contributed by atoms with E-state index in [0.717, 1.165) is 12.1 Å². The molecule has 9 heteroatoms. The molecule has 0 aliphatic rings. The Labute approximate surface area is 179 Å². The van der Waals surface area contributed by atoms with Crippen molar-refractivity contribution in [2.75, 3.05) is 20.7 Å². The lowest BCUT2D eigenvalue weighted by molar-refractivity contribution is -0.0505. The molecule has 0 aliphatic carbocycles. The van der Waals surface area contributed by atoms with E-state index in [2.05, 4.69) is 37.6 Å². The first-order valence-electron chi connectivity index (χ1n) is 9.74. The first-order chi connectivity index (χ1) is 15.1. The Morgan fingerprint density at radius 2 is 1.97 bits per heavy atom. The van der Waals surface area contributed by atoms with Crippen molar-refractivity contribution in [3.63, 3.8) is 0 Å². The molecular formula is C22H25F2N5O2. The molecule has 0 atom stereocenters. The van der Waals surface area contributed by atoms with Gasteiger partial charge in [-0.1, -0.05) is 12.1 Å². The molecule has 0 spiro atoms. The number of benzene rings is 2. The van der Waals surface area contributed by atoms with E-state index in [0.29, 0.717) is 23.8 Å². The van der Waals surface area contributed by atoms with Crippen molar-refractivity contribution in [2.45, 2.75) is 19.6 Å². The Hall–Kier alpha value is -3.62. The van der Waals surface area contributed by atoms with Gasteiger partial charge in [0.1, 0.15) is 11.5 Å². The lowest BCUT2D eigenvalue weighted by Crippen LogP contribution is -2.38. The van der Waals surface area contributed by atoms with Gasteiger partial charge in [0.2, 0.25) is 0 Å². The normalized spacial score (nSPS) is 11.5. The largest absolute Gasteiger partial charge is 0.497 e. The number of rotatable bonds is 9. The van der Waals surface area contributed by atoms with Crippen molar-refractivity contribution >= 4 is 5.96 Å². The molecule has 0 amide bonds. The van der Waals surface area contributed by atoms with E-state index in [-0.39, 0.29) is 12.3 Å². The highest BCUT2D eigenvalue weighted by Gasteiger charge is 2.12. The predicted octanol–water partition coefficient (Wildman–Crippen LogP) is 3.39. The molecule has 7 nitrogen and oxygen atoms in total. The smallest absolute Gasteiger partial charge is 0.387 e. The summed E-state index contributed by atoms with van der Waals surface area (Å²) in [4.78, 5) is 4.18. The van der Waals surface area contributed by atoms with Crippen molar-refractivity contribution in [1.82, 2.24) is 20.4 Å². The number of aliphatic imine (C=N–C) groups is 1. The lowest BCUT2D eigenvalue weighted by atomic mass is 10.1. The highest BCUT2D eigenvalue weighted by molar-refractivity contribution is 5.79. The van der Waals surface area contributed by atoms with Gasteiger partial charge in [-0.25, -0.2) is 4.68 Å². The van der Waals surface area contributed by atoms with Gasteiger partial charge >= 0.3 is 6.61 Å². The molecule has 3 rings (SSSR count). The van der Waals surface area contributed by atoms with Crippen LogP contribution in [0.1, 0.15) is 11.1 Å². The quantitative estimate of drug-likeness (QED) is 0.403. The number of methoxy groups -OCH3 is 1. The van der Waals surface area contributed by atoms with Gasteiger partial charge in [-0.3, -0.25) is 4.99 Å². The summed E-state index contributed by atoms with van der Waals surface area (Å²) in [7, 11) is 3.12. The van der Waals surface area contributed by atoms with E-state index >= 15 is 0 Å². The summed E-state index contributed by atoms with van der Waals surface area (Å²) >= 11 is 0. The summed E-state index contributed by atoms with van der Waals surface area (Å²) in [6.07, 6.45) is 4.43. The molecule has 0 unspecified atom stereocenters. The molecule has 0 fully saturated rings. The van der Waals surface area contributed by atoms with E-state index in [1.54, 1.807) is 30.1 Å². The highest BCUT2D eigenvalue weighted by Crippen LogP contribution is 2.26. The first-order valence-corrected chi connectivity index (χ1v) is 9.74. The van der Waals surface area contributed by atoms with Crippen molar-refractivity contribution in [3.05, 3.63) is 72.1 Å². The molecule has 3 aromatic rings. The molecule has 0 bridgehead atoms. The molecule has 31 heavy (non-hydrogen) atoms. The fourth-order valence-corrected chi connectivity index (χ4v) is 2.98. The standard InChI is InChI=1S/C22H25F2N5O2/c1-25-22(27-15-17-6-9-19(30-2)14-20(17)31-21(23)24)26-12-10-16-4-7-18(8-5-16)29-13-3-11-28-29/h3-9,11,13-14,21H,10,12,15H2,1-2H3,(H2,25,26,27). The first kappa shape index (κ1) is 22.1. The number of alkyl halides is 2. The van der Waals surface area contributed by atoms with Gasteiger partial charge in [0, 0.05) is 44.2 Å². The third-order valence-corrected chi connectivity index (χ3v) is 4.57. The number of guanidine groups is 1. The minimum atomic E-state index is -2.91. The van der Waals surface area contributed by atoms with Gasteiger partial charge in [0.05, 0.1) is 12.8 Å². The van der Waals surface area contributed by atoms with Gasteiger partial charge in [-0.15, -0.1) is 0 Å². The molecule has 0 aliphatic heterocycles. The van der Waals surface area contributed by atoms with Crippen molar-refractivity contribution in [1.29, 1.82) is 0 Å². The number of nitrogens with one attached hydrogen (secondary N) is 2. The second-order valence-electron chi connectivity index (χ2n) is 6.57. The average molecular weight is 429 g/mol. The summed E-state index contributed by atoms with van der Waals surface area (Å²) in [5.74, 6) is 1.07. The Balaban J connectivity index is 1.51. The third kappa shape index (κ3) is 6.43. The maximum absolute atomic E-state index is 12.7. The van der Waals surface area contributed by atoms with E-state index in [4.69, 9.17) is 4.74 Å². The zero-order valence-corrected chi connectivity index (χ0v) is 17.4. The highest BCUT2D eigenvalue weighted by atomic mass is 19.3. The minimum Gasteiger partial charge on any atom is -0.497 e. The zero-order chi connectivity index (χ0) is 22.1. The SMILES string of the molecule is CN=C(NCCc1ccc(-n2cccn2)cc1)NCc1ccc(OC)cc1OC(F)F. The van der Waals surface area contributed by atoms with Crippen LogP contribution in [-0.4, -0.2) is 43.1 Å². The number of ether oxygens (including phenoxy) is 2. The van der Waals surface area contributed by atoms with Gasteiger partial charge in [-0.05, 0) is 42.3 Å². The van der Waals surface area contributed by atoms with Gasteiger partial charge in [0.25, 0.3) is 0 Å². The second kappa shape index (κ2) is 11.0. The molecule has 164 valence electrons. The predicted molar refractivity (Wildman–Crippen MR) is 115 cm³/mol. The maximum atomic E-state index is 12.7. The van der Waals surface area contributed by atoms with Gasteiger partial charge < -0.3 is 20.1 Å². The average Bonchev–Trinajstić information content (AvgIpc) is 3.31. The van der Waals surface area contributed by atoms with Crippen LogP contribution >= 0.6 is 0 Å². The number of halogens is 2. The number of nitrogens with zero attached hydrogens (tertiary/aromatic N) is 3. The fourth-order valence-electron chi connectivity index (χ4n) is 2.98. The Kier molecular flexibility index (Phi) is 7.80. The van der Waals surface area contributed by atoms with Gasteiger partial charge in [-0.2, -0.15) is 13.9 Å². The van der Waals surface area contributed by atoms with Crippen LogP contribution in [0.3, 0.4) is 0 Å². The van der Waals surface area contributed by atoms with Crippen molar-refractivity contribution < 1.29 is 18.3 Å². The van der Waals surface area contributed by atoms with Crippen LogP contribution in [-0.2, 0) is 13.0 Å². The molecule has 0 radical (unpaired) electrons. The summed E-state index contributed by atoms with van der Waals surface area (Å²) in [6.45, 7) is -1.99. The summed E-state index contributed by atoms with van der Waals surface area (Å²) in [6, 6.07) is 14.8. The summed E-state index contributed by atoms with van der Waals surface area (Å²) in [5, 5.41) is 10.5. The second-order valence-corrected chi connectivity index (χ2v) is 6.57. The van der Waals surface area contributed by atoms with E-state index < -0.39 is 6.61 Å². The van der Waals surface area contributed by atoms with E-state index in [9.17, 15) is 8.78 Å². The van der Waals surface area contributed by atoms with E-state index in [1.165, 1.54) is 18.7 Å². The molecule has 1 heterocycles. The molecular weight excluding hydrogens is 404 g/mol. The topological polar surface area (TPSA) is 72.7 Å². The molecule has 2 N–H and O–H groups in total. The molecule has 2 aromatic carbocycles. The van der Waals surface area contributed by atoms with Crippen molar-refractivity contribution in [2.24, 2.45) is 4.99 Å². The number of hydrogen-bond donors (Lipinski definition) is 2. The van der Waals surface area contributed by atoms with Gasteiger partial charge in [0.15, 0.2) is 5.96 Å².